The summed E-state index contributed by atoms with van der Waals surface area (Å²) in [6.45, 7) is 8.08. The first kappa shape index (κ1) is 14.0. The highest BCUT2D eigenvalue weighted by Gasteiger charge is 2.46. The molecule has 0 radical (unpaired) electrons. The van der Waals surface area contributed by atoms with Crippen molar-refractivity contribution in [3.8, 4) is 0 Å². The topological polar surface area (TPSA) is 68.5 Å². The van der Waals surface area contributed by atoms with Crippen LogP contribution in [0, 0.1) is 0 Å². The number of hydrogen-bond acceptors (Lipinski definition) is 4. The van der Waals surface area contributed by atoms with Gasteiger partial charge in [0.2, 0.25) is 0 Å². The van der Waals surface area contributed by atoms with Crippen LogP contribution < -0.4 is 5.32 Å². The van der Waals surface area contributed by atoms with E-state index in [2.05, 4.69) is 15.4 Å². The van der Waals surface area contributed by atoms with Gasteiger partial charge in [0.15, 0.2) is 5.65 Å². The molecule has 0 aromatic carbocycles. The second kappa shape index (κ2) is 4.53. The number of rotatable bonds is 2. The van der Waals surface area contributed by atoms with Gasteiger partial charge < -0.3 is 10.1 Å². The van der Waals surface area contributed by atoms with Crippen molar-refractivity contribution in [3.63, 3.8) is 0 Å². The summed E-state index contributed by atoms with van der Waals surface area (Å²) in [6, 6.07) is 3.56. The van der Waals surface area contributed by atoms with Crippen LogP contribution in [-0.2, 0) is 4.74 Å². The molecule has 21 heavy (non-hydrogen) atoms. The van der Waals surface area contributed by atoms with Gasteiger partial charge in [0.1, 0.15) is 5.69 Å². The Bertz CT molecular complexity index is 690. The predicted molar refractivity (Wildman–Crippen MR) is 78.1 cm³/mol. The molecule has 2 aromatic heterocycles. The first-order valence-corrected chi connectivity index (χ1v) is 7.08. The summed E-state index contributed by atoms with van der Waals surface area (Å²) < 4.78 is 7.55. The molecule has 0 saturated carbocycles. The summed E-state index contributed by atoms with van der Waals surface area (Å²) in [5.74, 6) is -0.180. The summed E-state index contributed by atoms with van der Waals surface area (Å²) in [7, 11) is 0. The maximum Gasteiger partial charge on any atom is 0.271 e. The minimum absolute atomic E-state index is 0.0470. The zero-order valence-corrected chi connectivity index (χ0v) is 12.8. The number of ether oxygens (including phenoxy) is 1. The third-order valence-corrected chi connectivity index (χ3v) is 3.89. The number of carbonyl (C=O) groups excluding carboxylic acids is 1. The number of fused-ring (bicyclic) bond motifs is 1. The lowest BCUT2D eigenvalue weighted by molar-refractivity contribution is -0.0693. The van der Waals surface area contributed by atoms with Crippen LogP contribution in [0.2, 0.25) is 0 Å². The maximum absolute atomic E-state index is 12.5. The van der Waals surface area contributed by atoms with Crippen molar-refractivity contribution in [2.75, 3.05) is 0 Å². The Morgan fingerprint density at radius 1 is 1.43 bits per heavy atom. The molecule has 1 amide bonds. The van der Waals surface area contributed by atoms with Gasteiger partial charge in [-0.25, -0.2) is 9.50 Å². The molecule has 0 aliphatic carbocycles. The molecule has 3 heterocycles. The van der Waals surface area contributed by atoms with Crippen LogP contribution in [0.1, 0.15) is 44.6 Å². The smallest absolute Gasteiger partial charge is 0.271 e. The second-order valence-electron chi connectivity index (χ2n) is 6.63. The molecular weight excluding hydrogens is 268 g/mol. The Labute approximate surface area is 123 Å². The first-order valence-electron chi connectivity index (χ1n) is 7.08. The normalized spacial score (nSPS) is 23.3. The highest BCUT2D eigenvalue weighted by molar-refractivity contribution is 5.93. The Hall–Kier alpha value is -1.95. The predicted octanol–water partition coefficient (Wildman–Crippen LogP) is 1.81. The zero-order valence-electron chi connectivity index (χ0n) is 12.8. The van der Waals surface area contributed by atoms with Crippen LogP contribution in [0.25, 0.3) is 5.65 Å². The first-order chi connectivity index (χ1) is 9.78. The van der Waals surface area contributed by atoms with E-state index in [-0.39, 0.29) is 17.6 Å². The van der Waals surface area contributed by atoms with Crippen molar-refractivity contribution in [2.45, 2.75) is 51.4 Å². The SMILES string of the molecule is CC1(C)CC(NC(=O)c2cnc3cccnn23)C(C)(C)O1. The number of nitrogens with one attached hydrogen (secondary N) is 1. The Kier molecular flexibility index (Phi) is 3.02. The lowest BCUT2D eigenvalue weighted by atomic mass is 9.94. The van der Waals surface area contributed by atoms with E-state index in [9.17, 15) is 4.79 Å². The van der Waals surface area contributed by atoms with Gasteiger partial charge in [-0.2, -0.15) is 5.10 Å². The van der Waals surface area contributed by atoms with Gasteiger partial charge >= 0.3 is 0 Å². The lowest BCUT2D eigenvalue weighted by Gasteiger charge is -2.27. The summed E-state index contributed by atoms with van der Waals surface area (Å²) in [4.78, 5) is 16.7. The molecular formula is C15H20N4O2. The van der Waals surface area contributed by atoms with E-state index in [1.165, 1.54) is 0 Å². The van der Waals surface area contributed by atoms with E-state index in [0.717, 1.165) is 6.42 Å². The Balaban J connectivity index is 1.84. The average molecular weight is 288 g/mol. The molecule has 6 heteroatoms. The molecule has 2 aromatic rings. The molecule has 1 aliphatic rings. The number of hydrogen-bond donors (Lipinski definition) is 1. The van der Waals surface area contributed by atoms with Crippen molar-refractivity contribution < 1.29 is 9.53 Å². The van der Waals surface area contributed by atoms with Crippen molar-refractivity contribution in [2.24, 2.45) is 0 Å². The van der Waals surface area contributed by atoms with E-state index < -0.39 is 5.60 Å². The van der Waals surface area contributed by atoms with Crippen LogP contribution in [0.15, 0.2) is 24.5 Å². The molecule has 1 saturated heterocycles. The molecule has 0 spiro atoms. The lowest BCUT2D eigenvalue weighted by Crippen LogP contribution is -2.46. The van der Waals surface area contributed by atoms with Gasteiger partial charge in [0.25, 0.3) is 5.91 Å². The van der Waals surface area contributed by atoms with Gasteiger partial charge in [0, 0.05) is 6.20 Å². The largest absolute Gasteiger partial charge is 0.367 e. The zero-order chi connectivity index (χ0) is 15.3. The standard InChI is InChI=1S/C15H20N4O2/c1-14(2)8-11(15(3,4)21-14)18-13(20)10-9-16-12-6-5-7-17-19(10)12/h5-7,9,11H,8H2,1-4H3,(H,18,20). The maximum atomic E-state index is 12.5. The van der Waals surface area contributed by atoms with Crippen LogP contribution in [0.3, 0.4) is 0 Å². The van der Waals surface area contributed by atoms with Crippen molar-refractivity contribution >= 4 is 11.6 Å². The van der Waals surface area contributed by atoms with E-state index >= 15 is 0 Å². The fraction of sp³-hybridized carbons (Fsp3) is 0.533. The van der Waals surface area contributed by atoms with Gasteiger partial charge in [-0.3, -0.25) is 4.79 Å². The molecule has 6 nitrogen and oxygen atoms in total. The molecule has 112 valence electrons. The number of imidazole rings is 1. The summed E-state index contributed by atoms with van der Waals surface area (Å²) >= 11 is 0. The van der Waals surface area contributed by atoms with Crippen molar-refractivity contribution in [1.29, 1.82) is 0 Å². The molecule has 1 atom stereocenters. The van der Waals surface area contributed by atoms with Crippen molar-refractivity contribution in [1.82, 2.24) is 19.9 Å². The summed E-state index contributed by atoms with van der Waals surface area (Å²) in [6.07, 6.45) is 3.96. The third kappa shape index (κ3) is 2.51. The van der Waals surface area contributed by atoms with E-state index in [0.29, 0.717) is 11.3 Å². The molecule has 1 unspecified atom stereocenters. The summed E-state index contributed by atoms with van der Waals surface area (Å²) in [5, 5.41) is 7.22. The van der Waals surface area contributed by atoms with Gasteiger partial charge in [0.05, 0.1) is 23.4 Å². The Morgan fingerprint density at radius 2 is 2.19 bits per heavy atom. The highest BCUT2D eigenvalue weighted by Crippen LogP contribution is 2.37. The number of aromatic nitrogens is 3. The number of amides is 1. The minimum Gasteiger partial charge on any atom is -0.367 e. The van der Waals surface area contributed by atoms with Crippen LogP contribution in [-0.4, -0.2) is 37.7 Å². The van der Waals surface area contributed by atoms with Crippen molar-refractivity contribution in [3.05, 3.63) is 30.2 Å². The molecule has 1 fully saturated rings. The monoisotopic (exact) mass is 288 g/mol. The summed E-state index contributed by atoms with van der Waals surface area (Å²) in [5.41, 5.74) is 0.461. The fourth-order valence-corrected chi connectivity index (χ4v) is 3.00. The van der Waals surface area contributed by atoms with E-state index in [4.69, 9.17) is 4.74 Å². The highest BCUT2D eigenvalue weighted by atomic mass is 16.5. The van der Waals surface area contributed by atoms with Crippen LogP contribution in [0.4, 0.5) is 0 Å². The second-order valence-corrected chi connectivity index (χ2v) is 6.63. The molecule has 1 aliphatic heterocycles. The Morgan fingerprint density at radius 3 is 2.86 bits per heavy atom. The van der Waals surface area contributed by atoms with Gasteiger partial charge in [-0.1, -0.05) is 0 Å². The quantitative estimate of drug-likeness (QED) is 0.915. The van der Waals surface area contributed by atoms with Gasteiger partial charge in [-0.05, 0) is 46.2 Å². The molecule has 0 bridgehead atoms. The van der Waals surface area contributed by atoms with E-state index in [1.54, 1.807) is 23.0 Å². The third-order valence-electron chi connectivity index (χ3n) is 3.89. The van der Waals surface area contributed by atoms with Gasteiger partial charge in [-0.15, -0.1) is 0 Å². The number of nitrogens with zero attached hydrogens (tertiary/aromatic N) is 3. The van der Waals surface area contributed by atoms with Crippen LogP contribution >= 0.6 is 0 Å². The molecule has 1 N–H and O–H groups in total. The minimum atomic E-state index is -0.396. The fourth-order valence-electron chi connectivity index (χ4n) is 3.00. The number of carbonyl (C=O) groups is 1. The van der Waals surface area contributed by atoms with E-state index in [1.807, 2.05) is 33.8 Å². The average Bonchev–Trinajstić information content (AvgIpc) is 2.87. The molecule has 3 rings (SSSR count). The van der Waals surface area contributed by atoms with Crippen LogP contribution in [0.5, 0.6) is 0 Å².